The normalized spacial score (nSPS) is 11.5. The molecule has 1 N–H and O–H groups in total. The Morgan fingerprint density at radius 2 is 1.96 bits per heavy atom. The second-order valence-corrected chi connectivity index (χ2v) is 7.58. The van der Waals surface area contributed by atoms with Gasteiger partial charge in [-0.2, -0.15) is 0 Å². The van der Waals surface area contributed by atoms with Crippen molar-refractivity contribution >= 4 is 21.2 Å². The first-order valence-corrected chi connectivity index (χ1v) is 9.19. The zero-order valence-corrected chi connectivity index (χ0v) is 14.0. The molecule has 124 valence electrons. The molecule has 0 fully saturated rings. The molecule has 0 aliphatic carbocycles. The summed E-state index contributed by atoms with van der Waals surface area (Å²) in [4.78, 5) is 16.8. The fourth-order valence-electron chi connectivity index (χ4n) is 2.35. The number of hydrogen-bond donors (Lipinski definition) is 1. The largest absolute Gasteiger partial charge is 0.379 e. The third kappa shape index (κ3) is 3.30. The van der Waals surface area contributed by atoms with Crippen molar-refractivity contribution < 1.29 is 8.42 Å². The van der Waals surface area contributed by atoms with Crippen LogP contribution < -0.4 is 10.9 Å². The van der Waals surface area contributed by atoms with E-state index in [2.05, 4.69) is 10.3 Å². The van der Waals surface area contributed by atoms with Gasteiger partial charge < -0.3 is 5.32 Å². The Hall–Kier alpha value is -2.67. The molecule has 0 spiro atoms. The average Bonchev–Trinajstić information content (AvgIpc) is 2.60. The summed E-state index contributed by atoms with van der Waals surface area (Å²) in [7, 11) is -3.25. The molecule has 2 heterocycles. The van der Waals surface area contributed by atoms with Gasteiger partial charge in [0.05, 0.1) is 22.9 Å². The number of hydrogen-bond acceptors (Lipinski definition) is 5. The van der Waals surface area contributed by atoms with E-state index in [1.165, 1.54) is 10.5 Å². The quantitative estimate of drug-likeness (QED) is 0.767. The van der Waals surface area contributed by atoms with Crippen LogP contribution in [0.5, 0.6) is 0 Å². The Morgan fingerprint density at radius 3 is 2.75 bits per heavy atom. The maximum Gasteiger partial charge on any atom is 0.258 e. The Kier molecular flexibility index (Phi) is 4.35. The number of rotatable bonds is 5. The summed E-state index contributed by atoms with van der Waals surface area (Å²) in [5.41, 5.74) is 1.68. The molecule has 1 aromatic carbocycles. The highest BCUT2D eigenvalue weighted by molar-refractivity contribution is 7.91. The Balaban J connectivity index is 1.84. The molecule has 0 saturated heterocycles. The van der Waals surface area contributed by atoms with Crippen molar-refractivity contribution in [2.75, 3.05) is 11.1 Å². The van der Waals surface area contributed by atoms with E-state index in [1.54, 1.807) is 49.5 Å². The molecule has 0 unspecified atom stereocenters. The molecule has 0 aliphatic rings. The van der Waals surface area contributed by atoms with Crippen molar-refractivity contribution in [2.24, 2.45) is 0 Å². The molecular formula is C17H17N3O3S. The SMILES string of the molecule is CCS(=O)(=O)c1cccc(NCc2cc(=O)n3ccccc3n2)c1. The first kappa shape index (κ1) is 16.2. The fourth-order valence-corrected chi connectivity index (χ4v) is 3.28. The lowest BCUT2D eigenvalue weighted by molar-refractivity contribution is 0.597. The Labute approximate surface area is 139 Å². The molecule has 0 atom stereocenters. The summed E-state index contributed by atoms with van der Waals surface area (Å²) < 4.78 is 25.3. The van der Waals surface area contributed by atoms with Crippen LogP contribution in [-0.4, -0.2) is 23.6 Å². The highest BCUT2D eigenvalue weighted by Gasteiger charge is 2.11. The molecule has 3 rings (SSSR count). The maximum atomic E-state index is 12.1. The van der Waals surface area contributed by atoms with Crippen molar-refractivity contribution in [1.29, 1.82) is 0 Å². The lowest BCUT2D eigenvalue weighted by atomic mass is 10.3. The van der Waals surface area contributed by atoms with Crippen LogP contribution in [0.25, 0.3) is 5.65 Å². The first-order chi connectivity index (χ1) is 11.5. The van der Waals surface area contributed by atoms with E-state index >= 15 is 0 Å². The maximum absolute atomic E-state index is 12.1. The predicted octanol–water partition coefficient (Wildman–Crippen LogP) is 2.10. The van der Waals surface area contributed by atoms with E-state index in [-0.39, 0.29) is 16.2 Å². The molecule has 0 aliphatic heterocycles. The van der Waals surface area contributed by atoms with Crippen LogP contribution in [0, 0.1) is 0 Å². The standard InChI is InChI=1S/C17H17N3O3S/c1-2-24(22,23)15-7-5-6-13(10-15)18-12-14-11-17(21)20-9-4-3-8-16(20)19-14/h3-11,18H,2,12H2,1H3. The lowest BCUT2D eigenvalue weighted by Crippen LogP contribution is -2.16. The zero-order valence-electron chi connectivity index (χ0n) is 13.1. The smallest absolute Gasteiger partial charge is 0.258 e. The van der Waals surface area contributed by atoms with Gasteiger partial charge in [-0.15, -0.1) is 0 Å². The highest BCUT2D eigenvalue weighted by Crippen LogP contribution is 2.17. The first-order valence-electron chi connectivity index (χ1n) is 7.53. The van der Waals surface area contributed by atoms with Crippen molar-refractivity contribution in [3.05, 3.63) is 70.8 Å². The van der Waals surface area contributed by atoms with Crippen LogP contribution in [-0.2, 0) is 16.4 Å². The summed E-state index contributed by atoms with van der Waals surface area (Å²) in [5, 5.41) is 3.11. The van der Waals surface area contributed by atoms with Gasteiger partial charge in [-0.3, -0.25) is 9.20 Å². The van der Waals surface area contributed by atoms with Crippen LogP contribution in [0.3, 0.4) is 0 Å². The van der Waals surface area contributed by atoms with Crippen LogP contribution in [0.4, 0.5) is 5.69 Å². The van der Waals surface area contributed by atoms with Crippen LogP contribution >= 0.6 is 0 Å². The molecule has 0 radical (unpaired) electrons. The number of benzene rings is 1. The molecular weight excluding hydrogens is 326 g/mol. The minimum Gasteiger partial charge on any atom is -0.379 e. The summed E-state index contributed by atoms with van der Waals surface area (Å²) in [6.07, 6.45) is 1.67. The number of sulfone groups is 1. The van der Waals surface area contributed by atoms with Gasteiger partial charge in [-0.25, -0.2) is 13.4 Å². The molecule has 7 heteroatoms. The second kappa shape index (κ2) is 6.45. The lowest BCUT2D eigenvalue weighted by Gasteiger charge is -2.09. The number of nitrogens with zero attached hydrogens (tertiary/aromatic N) is 2. The van der Waals surface area contributed by atoms with Gasteiger partial charge in [0.1, 0.15) is 5.65 Å². The molecule has 2 aromatic heterocycles. The van der Waals surface area contributed by atoms with Crippen molar-refractivity contribution in [1.82, 2.24) is 9.38 Å². The molecule has 3 aromatic rings. The molecule has 0 amide bonds. The molecule has 6 nitrogen and oxygen atoms in total. The Morgan fingerprint density at radius 1 is 1.12 bits per heavy atom. The highest BCUT2D eigenvalue weighted by atomic mass is 32.2. The number of pyridine rings is 1. The number of fused-ring (bicyclic) bond motifs is 1. The van der Waals surface area contributed by atoms with E-state index in [9.17, 15) is 13.2 Å². The van der Waals surface area contributed by atoms with E-state index in [0.717, 1.165) is 0 Å². The number of anilines is 1. The summed E-state index contributed by atoms with van der Waals surface area (Å²) in [6, 6.07) is 13.4. The minimum atomic E-state index is -3.25. The summed E-state index contributed by atoms with van der Waals surface area (Å²) in [6.45, 7) is 1.94. The summed E-state index contributed by atoms with van der Waals surface area (Å²) in [5.74, 6) is 0.0550. The average molecular weight is 343 g/mol. The predicted molar refractivity (Wildman–Crippen MR) is 93.0 cm³/mol. The van der Waals surface area contributed by atoms with E-state index < -0.39 is 9.84 Å². The van der Waals surface area contributed by atoms with Gasteiger partial charge in [-0.1, -0.05) is 19.1 Å². The van der Waals surface area contributed by atoms with Crippen LogP contribution in [0.1, 0.15) is 12.6 Å². The van der Waals surface area contributed by atoms with Crippen LogP contribution in [0.2, 0.25) is 0 Å². The topological polar surface area (TPSA) is 80.5 Å². The summed E-state index contributed by atoms with van der Waals surface area (Å²) >= 11 is 0. The van der Waals surface area contributed by atoms with Crippen molar-refractivity contribution in [2.45, 2.75) is 18.4 Å². The zero-order chi connectivity index (χ0) is 17.2. The molecule has 24 heavy (non-hydrogen) atoms. The van der Waals surface area contributed by atoms with Crippen molar-refractivity contribution in [3.8, 4) is 0 Å². The third-order valence-electron chi connectivity index (χ3n) is 3.67. The van der Waals surface area contributed by atoms with Crippen molar-refractivity contribution in [3.63, 3.8) is 0 Å². The van der Waals surface area contributed by atoms with E-state index in [1.807, 2.05) is 6.07 Å². The molecule has 0 bridgehead atoms. The van der Waals surface area contributed by atoms with Gasteiger partial charge in [0, 0.05) is 18.0 Å². The van der Waals surface area contributed by atoms with Gasteiger partial charge >= 0.3 is 0 Å². The van der Waals surface area contributed by atoms with E-state index in [4.69, 9.17) is 0 Å². The fraction of sp³-hybridized carbons (Fsp3) is 0.176. The third-order valence-corrected chi connectivity index (χ3v) is 5.40. The monoisotopic (exact) mass is 343 g/mol. The number of nitrogens with one attached hydrogen (secondary N) is 1. The van der Waals surface area contributed by atoms with Gasteiger partial charge in [0.25, 0.3) is 5.56 Å². The van der Waals surface area contributed by atoms with Gasteiger partial charge in [0.2, 0.25) is 0 Å². The van der Waals surface area contributed by atoms with Gasteiger partial charge in [0.15, 0.2) is 9.84 Å². The van der Waals surface area contributed by atoms with E-state index in [0.29, 0.717) is 23.6 Å². The number of aromatic nitrogens is 2. The molecule has 0 saturated carbocycles. The second-order valence-electron chi connectivity index (χ2n) is 5.30. The van der Waals surface area contributed by atoms with Crippen LogP contribution in [0.15, 0.2) is 64.4 Å². The Bertz CT molecular complexity index is 1040. The van der Waals surface area contributed by atoms with Gasteiger partial charge in [-0.05, 0) is 30.3 Å². The minimum absolute atomic E-state index is 0.0550.